The van der Waals surface area contributed by atoms with Gasteiger partial charge < -0.3 is 14.6 Å². The number of carbonyl (C=O) groups excluding carboxylic acids is 2. The van der Waals surface area contributed by atoms with Gasteiger partial charge in [-0.15, -0.1) is 0 Å². The molecular formula is C21H26N2O5S. The fraction of sp³-hybridized carbons (Fsp3) is 0.429. The molecule has 0 radical (unpaired) electrons. The van der Waals surface area contributed by atoms with E-state index in [0.29, 0.717) is 31.6 Å². The number of nitrogens with zero attached hydrogens (tertiary/aromatic N) is 1. The number of carbonyl (C=O) groups is 2. The van der Waals surface area contributed by atoms with E-state index < -0.39 is 9.84 Å². The molecule has 2 amide bonds. The second-order valence-electron chi connectivity index (χ2n) is 7.23. The summed E-state index contributed by atoms with van der Waals surface area (Å²) in [6, 6.07) is 9.64. The van der Waals surface area contributed by atoms with Gasteiger partial charge in [0, 0.05) is 25.2 Å². The molecule has 1 saturated heterocycles. The van der Waals surface area contributed by atoms with Gasteiger partial charge in [0.25, 0.3) is 5.91 Å². The van der Waals surface area contributed by atoms with E-state index in [1.165, 1.54) is 24.5 Å². The molecule has 7 nitrogen and oxygen atoms in total. The van der Waals surface area contributed by atoms with Gasteiger partial charge >= 0.3 is 0 Å². The van der Waals surface area contributed by atoms with Crippen LogP contribution < -0.4 is 5.32 Å². The first-order valence-electron chi connectivity index (χ1n) is 9.83. The summed E-state index contributed by atoms with van der Waals surface area (Å²) in [6.45, 7) is 3.42. The van der Waals surface area contributed by atoms with Crippen molar-refractivity contribution in [3.8, 4) is 0 Å². The van der Waals surface area contributed by atoms with Gasteiger partial charge in [-0.3, -0.25) is 9.59 Å². The molecule has 1 N–H and O–H groups in total. The molecule has 1 aromatic carbocycles. The maximum atomic E-state index is 13.0. The number of hydrogen-bond acceptors (Lipinski definition) is 5. The summed E-state index contributed by atoms with van der Waals surface area (Å²) in [7, 11) is -3.60. The van der Waals surface area contributed by atoms with E-state index in [0.717, 1.165) is 12.8 Å². The third kappa shape index (κ3) is 5.06. The number of likely N-dealkylation sites (tertiary alicyclic amines) is 1. The average Bonchev–Trinajstić information content (AvgIpc) is 3.19. The summed E-state index contributed by atoms with van der Waals surface area (Å²) in [5, 5.41) is 2.88. The molecule has 0 spiro atoms. The molecular weight excluding hydrogens is 392 g/mol. The minimum Gasteiger partial charge on any atom is -0.459 e. The lowest BCUT2D eigenvalue weighted by Gasteiger charge is -2.31. The van der Waals surface area contributed by atoms with Crippen LogP contribution in [0.3, 0.4) is 0 Å². The summed E-state index contributed by atoms with van der Waals surface area (Å²) in [5.74, 6) is -0.968. The van der Waals surface area contributed by atoms with Gasteiger partial charge in [-0.1, -0.05) is 25.1 Å². The highest BCUT2D eigenvalue weighted by Crippen LogP contribution is 2.24. The molecule has 1 aliphatic heterocycles. The van der Waals surface area contributed by atoms with E-state index in [-0.39, 0.29) is 34.1 Å². The normalized spacial score (nSPS) is 17.1. The molecule has 3 rings (SSSR count). The Labute approximate surface area is 171 Å². The second-order valence-corrected chi connectivity index (χ2v) is 9.22. The van der Waals surface area contributed by atoms with E-state index in [4.69, 9.17) is 4.42 Å². The predicted octanol–water partition coefficient (Wildman–Crippen LogP) is 2.63. The zero-order valence-corrected chi connectivity index (χ0v) is 17.3. The van der Waals surface area contributed by atoms with Crippen LogP contribution in [0.15, 0.2) is 52.0 Å². The molecule has 156 valence electrons. The topological polar surface area (TPSA) is 96.7 Å². The molecule has 1 unspecified atom stereocenters. The Morgan fingerprint density at radius 1 is 1.21 bits per heavy atom. The molecule has 0 bridgehead atoms. The minimum atomic E-state index is -3.60. The van der Waals surface area contributed by atoms with Crippen LogP contribution in [0.5, 0.6) is 0 Å². The zero-order chi connectivity index (χ0) is 20.9. The van der Waals surface area contributed by atoms with Crippen LogP contribution in [-0.4, -0.2) is 44.8 Å². The highest BCUT2D eigenvalue weighted by atomic mass is 32.2. The van der Waals surface area contributed by atoms with E-state index >= 15 is 0 Å². The van der Waals surface area contributed by atoms with E-state index in [1.807, 2.05) is 6.92 Å². The Morgan fingerprint density at radius 3 is 2.69 bits per heavy atom. The molecule has 1 atom stereocenters. The van der Waals surface area contributed by atoms with Gasteiger partial charge in [0.2, 0.25) is 5.91 Å². The molecule has 0 saturated carbocycles. The lowest BCUT2D eigenvalue weighted by atomic mass is 9.96. The van der Waals surface area contributed by atoms with Crippen molar-refractivity contribution < 1.29 is 22.4 Å². The van der Waals surface area contributed by atoms with Gasteiger partial charge in [0.05, 0.1) is 22.8 Å². The number of rotatable bonds is 7. The smallest absolute Gasteiger partial charge is 0.289 e. The first kappa shape index (κ1) is 21.1. The lowest BCUT2D eigenvalue weighted by Crippen LogP contribution is -2.45. The molecule has 29 heavy (non-hydrogen) atoms. The number of amides is 2. The lowest BCUT2D eigenvalue weighted by molar-refractivity contribution is -0.126. The van der Waals surface area contributed by atoms with Crippen LogP contribution in [0.25, 0.3) is 0 Å². The fourth-order valence-corrected chi connectivity index (χ4v) is 4.84. The highest BCUT2D eigenvalue weighted by Gasteiger charge is 2.31. The van der Waals surface area contributed by atoms with Crippen molar-refractivity contribution in [2.45, 2.75) is 36.8 Å². The summed E-state index contributed by atoms with van der Waals surface area (Å²) in [4.78, 5) is 27.0. The summed E-state index contributed by atoms with van der Waals surface area (Å²) >= 11 is 0. The molecule has 2 heterocycles. The van der Waals surface area contributed by atoms with E-state index in [9.17, 15) is 18.0 Å². The Morgan fingerprint density at radius 2 is 1.97 bits per heavy atom. The quantitative estimate of drug-likeness (QED) is 0.746. The third-order valence-electron chi connectivity index (χ3n) is 5.02. The zero-order valence-electron chi connectivity index (χ0n) is 16.5. The van der Waals surface area contributed by atoms with Crippen molar-refractivity contribution in [2.75, 3.05) is 19.6 Å². The Hall–Kier alpha value is -2.61. The maximum Gasteiger partial charge on any atom is 0.289 e. The first-order chi connectivity index (χ1) is 13.9. The molecule has 0 aliphatic carbocycles. The third-order valence-corrected chi connectivity index (χ3v) is 6.70. The Balaban J connectivity index is 1.73. The van der Waals surface area contributed by atoms with E-state index in [2.05, 4.69) is 5.32 Å². The Kier molecular flexibility index (Phi) is 6.74. The largest absolute Gasteiger partial charge is 0.459 e. The van der Waals surface area contributed by atoms with Crippen LogP contribution in [0.2, 0.25) is 0 Å². The van der Waals surface area contributed by atoms with E-state index in [1.54, 1.807) is 23.1 Å². The summed E-state index contributed by atoms with van der Waals surface area (Å²) < 4.78 is 30.7. The van der Waals surface area contributed by atoms with Crippen molar-refractivity contribution in [2.24, 2.45) is 5.92 Å². The van der Waals surface area contributed by atoms with Crippen LogP contribution in [-0.2, 0) is 20.4 Å². The van der Waals surface area contributed by atoms with Gasteiger partial charge in [-0.05, 0) is 37.5 Å². The van der Waals surface area contributed by atoms with Crippen LogP contribution in [0.4, 0.5) is 0 Å². The average molecular weight is 419 g/mol. The van der Waals surface area contributed by atoms with Gasteiger partial charge in [-0.2, -0.15) is 0 Å². The molecule has 2 aromatic rings. The van der Waals surface area contributed by atoms with Crippen molar-refractivity contribution in [1.82, 2.24) is 10.2 Å². The molecule has 1 aliphatic rings. The number of benzene rings is 1. The standard InChI is InChI=1S/C21H26N2O5S/c1-2-11-22-20(24)16-7-6-12-23(14-16)21(25)19-17(10-13-28-19)15-29(26,27)18-8-4-3-5-9-18/h3-5,8-10,13,16H,2,6-7,11-12,14-15H2,1H3,(H,22,24). The number of nitrogens with one attached hydrogen (secondary N) is 1. The van der Waals surface area contributed by atoms with Crippen LogP contribution in [0, 0.1) is 5.92 Å². The van der Waals surface area contributed by atoms with Crippen LogP contribution in [0.1, 0.15) is 42.3 Å². The SMILES string of the molecule is CCCNC(=O)C1CCCN(C(=O)c2occc2CS(=O)(=O)c2ccccc2)C1. The molecule has 1 fully saturated rings. The summed E-state index contributed by atoms with van der Waals surface area (Å²) in [6.07, 6.45) is 3.63. The van der Waals surface area contributed by atoms with Gasteiger partial charge in [0.15, 0.2) is 15.6 Å². The van der Waals surface area contributed by atoms with Gasteiger partial charge in [-0.25, -0.2) is 8.42 Å². The Bertz CT molecular complexity index is 952. The number of furan rings is 1. The van der Waals surface area contributed by atoms with Crippen molar-refractivity contribution in [3.63, 3.8) is 0 Å². The number of sulfone groups is 1. The minimum absolute atomic E-state index is 0.0270. The van der Waals surface area contributed by atoms with Crippen molar-refractivity contribution >= 4 is 21.7 Å². The molecule has 8 heteroatoms. The fourth-order valence-electron chi connectivity index (χ4n) is 3.46. The van der Waals surface area contributed by atoms with Crippen molar-refractivity contribution in [3.05, 3.63) is 54.0 Å². The van der Waals surface area contributed by atoms with Crippen molar-refractivity contribution in [1.29, 1.82) is 0 Å². The first-order valence-corrected chi connectivity index (χ1v) is 11.5. The number of hydrogen-bond donors (Lipinski definition) is 1. The second kappa shape index (κ2) is 9.26. The van der Waals surface area contributed by atoms with Gasteiger partial charge in [0.1, 0.15) is 0 Å². The highest BCUT2D eigenvalue weighted by molar-refractivity contribution is 7.90. The molecule has 1 aromatic heterocycles. The number of piperidine rings is 1. The monoisotopic (exact) mass is 418 g/mol. The predicted molar refractivity (Wildman–Crippen MR) is 108 cm³/mol. The maximum absolute atomic E-state index is 13.0. The van der Waals surface area contributed by atoms with Crippen LogP contribution >= 0.6 is 0 Å². The summed E-state index contributed by atoms with van der Waals surface area (Å²) in [5.41, 5.74) is 0.330.